The molecule has 0 unspecified atom stereocenters. The molecule has 1 amide bonds. The average Bonchev–Trinajstić information content (AvgIpc) is 2.82. The van der Waals surface area contributed by atoms with Crippen LogP contribution < -0.4 is 5.32 Å². The van der Waals surface area contributed by atoms with Crippen molar-refractivity contribution in [2.75, 3.05) is 11.9 Å². The molecular weight excluding hydrogens is 294 g/mol. The summed E-state index contributed by atoms with van der Waals surface area (Å²) in [6, 6.07) is 3.59. The number of halogens is 1. The molecule has 0 atom stereocenters. The number of aryl methyl sites for hydroxylation is 1. The van der Waals surface area contributed by atoms with E-state index in [4.69, 9.17) is 4.42 Å². The normalized spacial score (nSPS) is 11.6. The molecule has 1 N–H and O–H groups in total. The molecule has 0 aliphatic rings. The third-order valence-electron chi connectivity index (χ3n) is 2.95. The number of carbonyl (C=O) groups excluding carboxylic acids is 1. The minimum Gasteiger partial charge on any atom is -0.456 e. The number of furan rings is 1. The summed E-state index contributed by atoms with van der Waals surface area (Å²) in [5, 5.41) is 3.94. The van der Waals surface area contributed by atoms with E-state index < -0.39 is 0 Å². The van der Waals surface area contributed by atoms with Gasteiger partial charge in [0.05, 0.1) is 0 Å². The molecule has 0 spiro atoms. The second-order valence-corrected chi connectivity index (χ2v) is 6.05. The summed E-state index contributed by atoms with van der Waals surface area (Å²) in [5.74, 6) is 1.13. The van der Waals surface area contributed by atoms with E-state index in [0.29, 0.717) is 12.3 Å². The Labute approximate surface area is 117 Å². The number of nitrogens with one attached hydrogen (secondary N) is 1. The summed E-state index contributed by atoms with van der Waals surface area (Å²) in [6.07, 6.45) is 3.00. The van der Waals surface area contributed by atoms with Crippen LogP contribution in [0.4, 0.5) is 0 Å². The smallest absolute Gasteiger partial charge is 0.287 e. The van der Waals surface area contributed by atoms with Gasteiger partial charge >= 0.3 is 0 Å². The fourth-order valence-corrected chi connectivity index (χ4v) is 2.01. The Morgan fingerprint density at radius 3 is 2.72 bits per heavy atom. The third kappa shape index (κ3) is 4.84. The minimum absolute atomic E-state index is 0.115. The zero-order valence-corrected chi connectivity index (χ0v) is 13.0. The Morgan fingerprint density at radius 1 is 1.44 bits per heavy atom. The van der Waals surface area contributed by atoms with Crippen LogP contribution >= 0.6 is 15.9 Å². The second-order valence-electron chi connectivity index (χ2n) is 5.26. The van der Waals surface area contributed by atoms with E-state index in [1.807, 2.05) is 13.0 Å². The minimum atomic E-state index is -0.124. The SMILES string of the molecule is CCc1ccc(C(=O)NCC(C)(C)CCCBr)o1. The van der Waals surface area contributed by atoms with Gasteiger partial charge in [0.1, 0.15) is 5.76 Å². The maximum atomic E-state index is 11.9. The number of hydrogen-bond donors (Lipinski definition) is 1. The second kappa shape index (κ2) is 6.98. The summed E-state index contributed by atoms with van der Waals surface area (Å²) >= 11 is 3.43. The van der Waals surface area contributed by atoms with Crippen LogP contribution in [0.1, 0.15) is 49.9 Å². The van der Waals surface area contributed by atoms with Crippen molar-refractivity contribution in [3.05, 3.63) is 23.7 Å². The molecule has 0 aliphatic heterocycles. The molecule has 4 heteroatoms. The van der Waals surface area contributed by atoms with Gasteiger partial charge in [0.25, 0.3) is 5.91 Å². The lowest BCUT2D eigenvalue weighted by Crippen LogP contribution is -2.33. The van der Waals surface area contributed by atoms with E-state index in [2.05, 4.69) is 35.1 Å². The molecule has 102 valence electrons. The molecule has 0 radical (unpaired) electrons. The Hall–Kier alpha value is -0.770. The molecule has 0 fully saturated rings. The summed E-state index contributed by atoms with van der Waals surface area (Å²) in [4.78, 5) is 11.9. The van der Waals surface area contributed by atoms with Gasteiger partial charge in [0.15, 0.2) is 5.76 Å². The van der Waals surface area contributed by atoms with Crippen LogP contribution in [-0.2, 0) is 6.42 Å². The first-order valence-corrected chi connectivity index (χ1v) is 7.53. The summed E-state index contributed by atoms with van der Waals surface area (Å²) in [6.45, 7) is 7.00. The Morgan fingerprint density at radius 2 is 2.17 bits per heavy atom. The van der Waals surface area contributed by atoms with Crippen LogP contribution in [0.2, 0.25) is 0 Å². The molecule has 0 bridgehead atoms. The highest BCUT2D eigenvalue weighted by atomic mass is 79.9. The summed E-state index contributed by atoms with van der Waals surface area (Å²) < 4.78 is 5.42. The predicted molar refractivity (Wildman–Crippen MR) is 77.2 cm³/mol. The van der Waals surface area contributed by atoms with Crippen LogP contribution in [0, 0.1) is 5.41 Å². The van der Waals surface area contributed by atoms with Crippen LogP contribution in [0.3, 0.4) is 0 Å². The molecule has 18 heavy (non-hydrogen) atoms. The Bertz CT molecular complexity index is 385. The topological polar surface area (TPSA) is 42.2 Å². The standard InChI is InChI=1S/C14H22BrNO2/c1-4-11-6-7-12(18-11)13(17)16-10-14(2,3)8-5-9-15/h6-7H,4-5,8-10H2,1-3H3,(H,16,17). The number of rotatable bonds is 7. The van der Waals surface area contributed by atoms with E-state index in [9.17, 15) is 4.79 Å². The zero-order chi connectivity index (χ0) is 13.6. The maximum absolute atomic E-state index is 11.9. The zero-order valence-electron chi connectivity index (χ0n) is 11.4. The quantitative estimate of drug-likeness (QED) is 0.778. The molecule has 0 aromatic carbocycles. The predicted octanol–water partition coefficient (Wildman–Crippen LogP) is 3.77. The van der Waals surface area contributed by atoms with Crippen LogP contribution in [-0.4, -0.2) is 17.8 Å². The van der Waals surface area contributed by atoms with Crippen LogP contribution in [0.15, 0.2) is 16.5 Å². The van der Waals surface area contributed by atoms with Crippen molar-refractivity contribution in [3.63, 3.8) is 0 Å². The fourth-order valence-electron chi connectivity index (χ4n) is 1.73. The van der Waals surface area contributed by atoms with Crippen molar-refractivity contribution >= 4 is 21.8 Å². The molecule has 1 rings (SSSR count). The number of alkyl halides is 1. The molecule has 1 heterocycles. The van der Waals surface area contributed by atoms with Gasteiger partial charge in [-0.15, -0.1) is 0 Å². The largest absolute Gasteiger partial charge is 0.456 e. The van der Waals surface area contributed by atoms with Crippen LogP contribution in [0.25, 0.3) is 0 Å². The highest BCUT2D eigenvalue weighted by molar-refractivity contribution is 9.09. The lowest BCUT2D eigenvalue weighted by Gasteiger charge is -2.24. The van der Waals surface area contributed by atoms with Gasteiger partial charge in [0.2, 0.25) is 0 Å². The molecule has 1 aromatic heterocycles. The van der Waals surface area contributed by atoms with Crippen LogP contribution in [0.5, 0.6) is 0 Å². The van der Waals surface area contributed by atoms with E-state index in [1.54, 1.807) is 6.07 Å². The number of amides is 1. The molecule has 1 aromatic rings. The third-order valence-corrected chi connectivity index (χ3v) is 3.51. The van der Waals surface area contributed by atoms with Gasteiger partial charge in [-0.1, -0.05) is 36.7 Å². The average molecular weight is 316 g/mol. The first-order valence-electron chi connectivity index (χ1n) is 6.41. The number of hydrogen-bond acceptors (Lipinski definition) is 2. The van der Waals surface area contributed by atoms with Gasteiger partial charge in [-0.05, 0) is 30.4 Å². The maximum Gasteiger partial charge on any atom is 0.287 e. The van der Waals surface area contributed by atoms with Crippen molar-refractivity contribution in [2.45, 2.75) is 40.0 Å². The van der Waals surface area contributed by atoms with E-state index >= 15 is 0 Å². The van der Waals surface area contributed by atoms with Gasteiger partial charge in [-0.25, -0.2) is 0 Å². The van der Waals surface area contributed by atoms with Gasteiger partial charge < -0.3 is 9.73 Å². The van der Waals surface area contributed by atoms with Gasteiger partial charge in [0, 0.05) is 18.3 Å². The molecule has 3 nitrogen and oxygen atoms in total. The first-order chi connectivity index (χ1) is 8.48. The number of carbonyl (C=O) groups is 1. The van der Waals surface area contributed by atoms with Crippen molar-refractivity contribution in [2.24, 2.45) is 5.41 Å². The van der Waals surface area contributed by atoms with E-state index in [1.165, 1.54) is 0 Å². The fraction of sp³-hybridized carbons (Fsp3) is 0.643. The summed E-state index contributed by atoms with van der Waals surface area (Å²) in [7, 11) is 0. The van der Waals surface area contributed by atoms with E-state index in [-0.39, 0.29) is 11.3 Å². The molecule has 0 saturated heterocycles. The molecule has 0 aliphatic carbocycles. The Balaban J connectivity index is 2.45. The molecular formula is C14H22BrNO2. The Kier molecular flexibility index (Phi) is 5.93. The van der Waals surface area contributed by atoms with Crippen molar-refractivity contribution < 1.29 is 9.21 Å². The highest BCUT2D eigenvalue weighted by Crippen LogP contribution is 2.21. The lowest BCUT2D eigenvalue weighted by atomic mass is 9.88. The summed E-state index contributed by atoms with van der Waals surface area (Å²) in [5.41, 5.74) is 0.115. The van der Waals surface area contributed by atoms with Gasteiger partial charge in [-0.2, -0.15) is 0 Å². The highest BCUT2D eigenvalue weighted by Gasteiger charge is 2.19. The monoisotopic (exact) mass is 315 g/mol. The first kappa shape index (κ1) is 15.3. The van der Waals surface area contributed by atoms with Crippen molar-refractivity contribution in [3.8, 4) is 0 Å². The van der Waals surface area contributed by atoms with E-state index in [0.717, 1.165) is 30.4 Å². The van der Waals surface area contributed by atoms with Crippen molar-refractivity contribution in [1.82, 2.24) is 5.32 Å². The van der Waals surface area contributed by atoms with Crippen molar-refractivity contribution in [1.29, 1.82) is 0 Å². The van der Waals surface area contributed by atoms with Gasteiger partial charge in [-0.3, -0.25) is 4.79 Å². The lowest BCUT2D eigenvalue weighted by molar-refractivity contribution is 0.0905. The molecule has 0 saturated carbocycles.